The average molecular weight is 318 g/mol. The van der Waals surface area contributed by atoms with E-state index >= 15 is 0 Å². The highest BCUT2D eigenvalue weighted by Gasteiger charge is 2.08. The van der Waals surface area contributed by atoms with E-state index in [1.807, 2.05) is 10.1 Å². The van der Waals surface area contributed by atoms with E-state index in [0.29, 0.717) is 5.56 Å². The number of nitrogens with one attached hydrogen (secondary N) is 3. The molecule has 0 saturated heterocycles. The number of hydrazone groups is 1. The maximum absolute atomic E-state index is 11.6. The second kappa shape index (κ2) is 6.89. The Hall–Kier alpha value is -3.63. The molecule has 11 nitrogen and oxygen atoms in total. The molecule has 2 aromatic rings. The lowest BCUT2D eigenvalue weighted by atomic mass is 10.2. The van der Waals surface area contributed by atoms with Crippen LogP contribution in [0.4, 0.5) is 5.69 Å². The van der Waals surface area contributed by atoms with E-state index in [-0.39, 0.29) is 17.8 Å². The first-order valence-electron chi connectivity index (χ1n) is 6.20. The summed E-state index contributed by atoms with van der Waals surface area (Å²) in [5.41, 5.74) is 0.959. The van der Waals surface area contributed by atoms with E-state index in [2.05, 4.69) is 15.6 Å². The van der Waals surface area contributed by atoms with Crippen molar-refractivity contribution in [2.24, 2.45) is 5.10 Å². The van der Waals surface area contributed by atoms with Crippen LogP contribution in [0.1, 0.15) is 11.3 Å². The number of carbonyl (C=O) groups is 1. The number of nitrogens with zero attached hydrogens (tertiary/aromatic N) is 3. The Morgan fingerprint density at radius 1 is 1.35 bits per heavy atom. The number of H-pyrrole nitrogens is 2. The maximum Gasteiger partial charge on any atom is 0.342 e. The van der Waals surface area contributed by atoms with Gasteiger partial charge in [-0.05, 0) is 17.7 Å². The average Bonchev–Trinajstić information content (AvgIpc) is 2.50. The van der Waals surface area contributed by atoms with Gasteiger partial charge in [0.2, 0.25) is 5.91 Å². The SMILES string of the molecule is O=C(Cc1n[nH]c(=O)[nH]c1=O)N/N=C\c1ccc([N+](=O)[O-])cc1. The van der Waals surface area contributed by atoms with Gasteiger partial charge in [-0.1, -0.05) is 0 Å². The predicted molar refractivity (Wildman–Crippen MR) is 78.0 cm³/mol. The fourth-order valence-electron chi connectivity index (χ4n) is 1.54. The zero-order valence-corrected chi connectivity index (χ0v) is 11.5. The summed E-state index contributed by atoms with van der Waals surface area (Å²) in [7, 11) is 0. The van der Waals surface area contributed by atoms with Crippen molar-refractivity contribution in [3.8, 4) is 0 Å². The van der Waals surface area contributed by atoms with Crippen LogP contribution in [0, 0.1) is 10.1 Å². The molecule has 0 aliphatic rings. The van der Waals surface area contributed by atoms with E-state index in [9.17, 15) is 24.5 Å². The molecule has 1 aromatic heterocycles. The second-order valence-electron chi connectivity index (χ2n) is 4.27. The number of rotatable bonds is 5. The minimum Gasteiger partial charge on any atom is -0.273 e. The summed E-state index contributed by atoms with van der Waals surface area (Å²) in [5.74, 6) is -0.617. The molecule has 0 fully saturated rings. The molecule has 1 amide bonds. The van der Waals surface area contributed by atoms with Gasteiger partial charge in [-0.25, -0.2) is 15.3 Å². The standard InChI is InChI=1S/C12H10N6O5/c19-10(5-9-11(20)14-12(21)17-15-9)16-13-6-7-1-3-8(4-2-7)18(22)23/h1-4,6H,5H2,(H,16,19)(H2,14,17,20,21)/b13-6-. The fraction of sp³-hybridized carbons (Fsp3) is 0.0833. The summed E-state index contributed by atoms with van der Waals surface area (Å²) in [5, 5.41) is 19.6. The van der Waals surface area contributed by atoms with Crippen molar-refractivity contribution in [1.82, 2.24) is 20.6 Å². The number of aromatic nitrogens is 3. The molecule has 3 N–H and O–H groups in total. The third kappa shape index (κ3) is 4.42. The number of amides is 1. The number of non-ortho nitro benzene ring substituents is 1. The van der Waals surface area contributed by atoms with Gasteiger partial charge in [0.25, 0.3) is 11.2 Å². The molecule has 0 unspecified atom stereocenters. The minimum atomic E-state index is -0.768. The van der Waals surface area contributed by atoms with Gasteiger partial charge in [0.05, 0.1) is 17.6 Å². The first-order chi connectivity index (χ1) is 11.0. The van der Waals surface area contributed by atoms with Crippen molar-refractivity contribution in [1.29, 1.82) is 0 Å². The number of carbonyl (C=O) groups excluding carboxylic acids is 1. The Kier molecular flexibility index (Phi) is 4.72. The highest BCUT2D eigenvalue weighted by atomic mass is 16.6. The van der Waals surface area contributed by atoms with Crippen LogP contribution in [0.2, 0.25) is 0 Å². The maximum atomic E-state index is 11.6. The zero-order chi connectivity index (χ0) is 16.8. The summed E-state index contributed by atoms with van der Waals surface area (Å²) in [6.45, 7) is 0. The number of benzene rings is 1. The lowest BCUT2D eigenvalue weighted by Crippen LogP contribution is -2.31. The zero-order valence-electron chi connectivity index (χ0n) is 11.5. The molecule has 0 bridgehead atoms. The first-order valence-corrected chi connectivity index (χ1v) is 6.20. The van der Waals surface area contributed by atoms with Crippen LogP contribution < -0.4 is 16.7 Å². The molecule has 1 heterocycles. The molecule has 11 heteroatoms. The third-order valence-corrected chi connectivity index (χ3v) is 2.62. The first kappa shape index (κ1) is 15.8. The van der Waals surface area contributed by atoms with Crippen molar-refractivity contribution in [3.05, 3.63) is 66.5 Å². The molecule has 1 aromatic carbocycles. The predicted octanol–water partition coefficient (Wildman–Crippen LogP) is -0.941. The van der Waals surface area contributed by atoms with E-state index in [1.165, 1.54) is 30.5 Å². The van der Waals surface area contributed by atoms with Gasteiger partial charge in [0, 0.05) is 12.1 Å². The largest absolute Gasteiger partial charge is 0.342 e. The van der Waals surface area contributed by atoms with Crippen molar-refractivity contribution in [2.45, 2.75) is 6.42 Å². The van der Waals surface area contributed by atoms with Crippen LogP contribution >= 0.6 is 0 Å². The third-order valence-electron chi connectivity index (χ3n) is 2.62. The molecular formula is C12H10N6O5. The van der Waals surface area contributed by atoms with E-state index in [1.54, 1.807) is 0 Å². The van der Waals surface area contributed by atoms with Gasteiger partial charge in [0.1, 0.15) is 5.69 Å². The van der Waals surface area contributed by atoms with Gasteiger partial charge in [-0.3, -0.25) is 24.7 Å². The molecule has 0 aliphatic carbocycles. The molecule has 2 rings (SSSR count). The fourth-order valence-corrected chi connectivity index (χ4v) is 1.54. The van der Waals surface area contributed by atoms with E-state index in [4.69, 9.17) is 0 Å². The van der Waals surface area contributed by atoms with Crippen molar-refractivity contribution in [3.63, 3.8) is 0 Å². The Bertz CT molecular complexity index is 867. The molecule has 0 radical (unpaired) electrons. The van der Waals surface area contributed by atoms with Gasteiger partial charge in [-0.15, -0.1) is 0 Å². The number of hydrogen-bond donors (Lipinski definition) is 3. The van der Waals surface area contributed by atoms with Crippen molar-refractivity contribution in [2.75, 3.05) is 0 Å². The number of hydrogen-bond acceptors (Lipinski definition) is 7. The molecule has 118 valence electrons. The second-order valence-corrected chi connectivity index (χ2v) is 4.27. The summed E-state index contributed by atoms with van der Waals surface area (Å²) < 4.78 is 0. The molecule has 0 atom stereocenters. The van der Waals surface area contributed by atoms with E-state index < -0.39 is 22.1 Å². The van der Waals surface area contributed by atoms with Gasteiger partial charge < -0.3 is 0 Å². The van der Waals surface area contributed by atoms with Crippen LogP contribution in [0.5, 0.6) is 0 Å². The normalized spacial score (nSPS) is 10.6. The summed E-state index contributed by atoms with van der Waals surface area (Å²) >= 11 is 0. The minimum absolute atomic E-state index is 0.0606. The number of nitro groups is 1. The molecule has 0 saturated carbocycles. The topological polar surface area (TPSA) is 163 Å². The highest BCUT2D eigenvalue weighted by Crippen LogP contribution is 2.10. The lowest BCUT2D eigenvalue weighted by molar-refractivity contribution is -0.384. The van der Waals surface area contributed by atoms with Crippen LogP contribution in [-0.4, -0.2) is 32.2 Å². The van der Waals surface area contributed by atoms with Crippen LogP contribution in [0.3, 0.4) is 0 Å². The molecule has 0 aliphatic heterocycles. The van der Waals surface area contributed by atoms with Gasteiger partial charge in [0.15, 0.2) is 0 Å². The number of nitro benzene ring substituents is 1. The summed E-state index contributed by atoms with van der Waals surface area (Å²) in [4.78, 5) is 45.6. The van der Waals surface area contributed by atoms with Gasteiger partial charge >= 0.3 is 5.69 Å². The van der Waals surface area contributed by atoms with Crippen molar-refractivity contribution >= 4 is 17.8 Å². The molecular weight excluding hydrogens is 308 g/mol. The van der Waals surface area contributed by atoms with E-state index in [0.717, 1.165) is 0 Å². The Balaban J connectivity index is 1.94. The molecule has 0 spiro atoms. The van der Waals surface area contributed by atoms with Crippen LogP contribution in [-0.2, 0) is 11.2 Å². The Morgan fingerprint density at radius 2 is 2.04 bits per heavy atom. The summed E-state index contributed by atoms with van der Waals surface area (Å²) in [6, 6.07) is 5.52. The lowest BCUT2D eigenvalue weighted by Gasteiger charge is -1.98. The summed E-state index contributed by atoms with van der Waals surface area (Å²) in [6.07, 6.45) is 0.913. The Morgan fingerprint density at radius 3 is 2.65 bits per heavy atom. The monoisotopic (exact) mass is 318 g/mol. The van der Waals surface area contributed by atoms with Gasteiger partial charge in [-0.2, -0.15) is 10.2 Å². The van der Waals surface area contributed by atoms with Crippen molar-refractivity contribution < 1.29 is 9.72 Å². The molecule has 23 heavy (non-hydrogen) atoms. The van der Waals surface area contributed by atoms with Crippen LogP contribution in [0.25, 0.3) is 0 Å². The number of aromatic amines is 2. The van der Waals surface area contributed by atoms with Crippen LogP contribution in [0.15, 0.2) is 39.0 Å². The highest BCUT2D eigenvalue weighted by molar-refractivity contribution is 5.83. The smallest absolute Gasteiger partial charge is 0.273 e. The quantitative estimate of drug-likeness (QED) is 0.366. The Labute approximate surface area is 127 Å².